The van der Waals surface area contributed by atoms with Crippen LogP contribution in [0.2, 0.25) is 0 Å². The van der Waals surface area contributed by atoms with Gasteiger partial charge in [0.2, 0.25) is 0 Å². The number of hydrogen-bond acceptors (Lipinski definition) is 5. The van der Waals surface area contributed by atoms with E-state index in [2.05, 4.69) is 10.3 Å². The number of esters is 1. The number of fused-ring (bicyclic) bond motifs is 1. The molecule has 7 heteroatoms. The number of amides is 1. The Labute approximate surface area is 168 Å². The maximum atomic E-state index is 12.4. The lowest BCUT2D eigenvalue weighted by atomic mass is 10.2. The van der Waals surface area contributed by atoms with Gasteiger partial charge in [-0.1, -0.05) is 18.2 Å². The number of carbonyl (C=O) groups excluding carboxylic acids is 2. The van der Waals surface area contributed by atoms with Gasteiger partial charge < -0.3 is 14.8 Å². The molecule has 0 unspecified atom stereocenters. The van der Waals surface area contributed by atoms with Gasteiger partial charge in [0.25, 0.3) is 5.91 Å². The van der Waals surface area contributed by atoms with E-state index in [0.29, 0.717) is 17.6 Å². The van der Waals surface area contributed by atoms with Crippen molar-refractivity contribution in [2.24, 2.45) is 0 Å². The fraction of sp³-hybridized carbons (Fsp3) is 0.318. The molecule has 1 N–H and O–H groups in total. The predicted molar refractivity (Wildman–Crippen MR) is 108 cm³/mol. The number of aromatic nitrogens is 2. The first kappa shape index (κ1) is 19.1. The Morgan fingerprint density at radius 1 is 1.24 bits per heavy atom. The highest BCUT2D eigenvalue weighted by atomic mass is 16.5. The van der Waals surface area contributed by atoms with Gasteiger partial charge in [-0.3, -0.25) is 9.36 Å². The van der Waals surface area contributed by atoms with Crippen molar-refractivity contribution in [1.82, 2.24) is 14.9 Å². The molecule has 150 valence electrons. The van der Waals surface area contributed by atoms with Gasteiger partial charge in [0, 0.05) is 18.8 Å². The highest BCUT2D eigenvalue weighted by Crippen LogP contribution is 2.22. The molecule has 1 amide bonds. The molecule has 3 aromatic rings. The number of ether oxygens (including phenoxy) is 2. The average molecular weight is 393 g/mol. The molecular weight excluding hydrogens is 370 g/mol. The third kappa shape index (κ3) is 4.30. The van der Waals surface area contributed by atoms with Gasteiger partial charge in [0.1, 0.15) is 5.82 Å². The minimum atomic E-state index is -0.550. The first-order valence-electron chi connectivity index (χ1n) is 9.72. The summed E-state index contributed by atoms with van der Waals surface area (Å²) in [5, 5.41) is 2.73. The van der Waals surface area contributed by atoms with Crippen LogP contribution in [-0.4, -0.2) is 47.3 Å². The summed E-state index contributed by atoms with van der Waals surface area (Å²) in [5.41, 5.74) is 2.97. The number of rotatable bonds is 6. The van der Waals surface area contributed by atoms with Crippen LogP contribution in [0.15, 0.2) is 48.5 Å². The van der Waals surface area contributed by atoms with Crippen molar-refractivity contribution < 1.29 is 19.1 Å². The lowest BCUT2D eigenvalue weighted by Gasteiger charge is -2.11. The van der Waals surface area contributed by atoms with Crippen LogP contribution >= 0.6 is 0 Å². The largest absolute Gasteiger partial charge is 0.452 e. The van der Waals surface area contributed by atoms with Gasteiger partial charge in [-0.25, -0.2) is 9.78 Å². The summed E-state index contributed by atoms with van der Waals surface area (Å²) in [6, 6.07) is 15.1. The van der Waals surface area contributed by atoms with Crippen LogP contribution < -0.4 is 5.32 Å². The van der Waals surface area contributed by atoms with E-state index >= 15 is 0 Å². The number of benzene rings is 2. The highest BCUT2D eigenvalue weighted by Gasteiger charge is 2.18. The van der Waals surface area contributed by atoms with Crippen LogP contribution in [0, 0.1) is 6.92 Å². The fourth-order valence-corrected chi connectivity index (χ4v) is 3.53. The summed E-state index contributed by atoms with van der Waals surface area (Å²) in [6.45, 7) is 2.78. The molecule has 1 aliphatic heterocycles. The molecule has 1 aliphatic rings. The number of nitrogens with one attached hydrogen (secondary N) is 1. The zero-order valence-electron chi connectivity index (χ0n) is 16.3. The number of para-hydroxylation sites is 1. The van der Waals surface area contributed by atoms with Crippen LogP contribution in [0.5, 0.6) is 0 Å². The molecule has 1 fully saturated rings. The van der Waals surface area contributed by atoms with Crippen molar-refractivity contribution in [3.8, 4) is 5.69 Å². The summed E-state index contributed by atoms with van der Waals surface area (Å²) in [5.74, 6) is -0.0598. The lowest BCUT2D eigenvalue weighted by molar-refractivity contribution is -0.124. The molecule has 0 saturated carbocycles. The van der Waals surface area contributed by atoms with Crippen molar-refractivity contribution >= 4 is 22.9 Å². The summed E-state index contributed by atoms with van der Waals surface area (Å²) in [7, 11) is 0. The topological polar surface area (TPSA) is 82.4 Å². The van der Waals surface area contributed by atoms with Crippen molar-refractivity contribution in [2.45, 2.75) is 25.9 Å². The van der Waals surface area contributed by atoms with Gasteiger partial charge in [-0.05, 0) is 50.1 Å². The molecule has 0 aliphatic carbocycles. The van der Waals surface area contributed by atoms with E-state index in [-0.39, 0.29) is 18.6 Å². The van der Waals surface area contributed by atoms with Crippen molar-refractivity contribution in [2.75, 3.05) is 19.8 Å². The SMILES string of the molecule is Cc1nc2cc(C(=O)OCC(=O)NC[C@H]3CCCO3)ccc2n1-c1ccccc1. The average Bonchev–Trinajstić information content (AvgIpc) is 3.37. The van der Waals surface area contributed by atoms with Gasteiger partial charge in [0.05, 0.1) is 22.7 Å². The van der Waals surface area contributed by atoms with Crippen molar-refractivity contribution in [3.63, 3.8) is 0 Å². The normalized spacial score (nSPS) is 16.1. The Balaban J connectivity index is 1.41. The van der Waals surface area contributed by atoms with E-state index in [0.717, 1.165) is 36.5 Å². The molecule has 0 spiro atoms. The van der Waals surface area contributed by atoms with Gasteiger partial charge >= 0.3 is 5.97 Å². The minimum absolute atomic E-state index is 0.0556. The van der Waals surface area contributed by atoms with Crippen molar-refractivity contribution in [3.05, 3.63) is 59.9 Å². The van der Waals surface area contributed by atoms with Crippen molar-refractivity contribution in [1.29, 1.82) is 0 Å². The number of carbonyl (C=O) groups is 2. The Morgan fingerprint density at radius 2 is 2.07 bits per heavy atom. The second-order valence-corrected chi connectivity index (χ2v) is 7.05. The molecule has 1 saturated heterocycles. The summed E-state index contributed by atoms with van der Waals surface area (Å²) < 4.78 is 12.6. The van der Waals surface area contributed by atoms with Gasteiger partial charge in [0.15, 0.2) is 6.61 Å². The first-order valence-corrected chi connectivity index (χ1v) is 9.72. The van der Waals surface area contributed by atoms with Gasteiger partial charge in [-0.15, -0.1) is 0 Å². The van der Waals surface area contributed by atoms with Crippen LogP contribution in [-0.2, 0) is 14.3 Å². The lowest BCUT2D eigenvalue weighted by Crippen LogP contribution is -2.34. The van der Waals surface area contributed by atoms with Crippen LogP contribution in [0.3, 0.4) is 0 Å². The van der Waals surface area contributed by atoms with Gasteiger partial charge in [-0.2, -0.15) is 0 Å². The van der Waals surface area contributed by atoms with E-state index in [1.165, 1.54) is 0 Å². The first-order chi connectivity index (χ1) is 14.1. The summed E-state index contributed by atoms with van der Waals surface area (Å²) in [4.78, 5) is 28.8. The maximum absolute atomic E-state index is 12.4. The summed E-state index contributed by atoms with van der Waals surface area (Å²) in [6.07, 6.45) is 2.01. The minimum Gasteiger partial charge on any atom is -0.452 e. The zero-order valence-corrected chi connectivity index (χ0v) is 16.3. The number of imidazole rings is 1. The molecule has 0 bridgehead atoms. The third-order valence-corrected chi connectivity index (χ3v) is 4.96. The second-order valence-electron chi connectivity index (χ2n) is 7.05. The quantitative estimate of drug-likeness (QED) is 0.651. The Bertz CT molecular complexity index is 1020. The molecular formula is C22H23N3O4. The molecule has 29 heavy (non-hydrogen) atoms. The maximum Gasteiger partial charge on any atom is 0.338 e. The van der Waals surface area contributed by atoms with E-state index < -0.39 is 5.97 Å². The molecule has 4 rings (SSSR count). The molecule has 1 atom stereocenters. The highest BCUT2D eigenvalue weighted by molar-refractivity contribution is 5.95. The smallest absolute Gasteiger partial charge is 0.338 e. The van der Waals surface area contributed by atoms with E-state index in [9.17, 15) is 9.59 Å². The number of hydrogen-bond donors (Lipinski definition) is 1. The molecule has 2 heterocycles. The summed E-state index contributed by atoms with van der Waals surface area (Å²) >= 11 is 0. The standard InChI is InChI=1S/C22H23N3O4/c1-15-24-19-12-16(9-10-20(19)25(15)17-6-3-2-4-7-17)22(27)29-14-21(26)23-13-18-8-5-11-28-18/h2-4,6-7,9-10,12,18H,5,8,11,13-14H2,1H3,(H,23,26)/t18-/m1/s1. The molecule has 7 nitrogen and oxygen atoms in total. The van der Waals surface area contributed by atoms with Crippen LogP contribution in [0.25, 0.3) is 16.7 Å². The Kier molecular flexibility index (Phi) is 5.57. The fourth-order valence-electron chi connectivity index (χ4n) is 3.53. The molecule has 1 aromatic heterocycles. The third-order valence-electron chi connectivity index (χ3n) is 4.96. The van der Waals surface area contributed by atoms with Crippen LogP contribution in [0.1, 0.15) is 29.0 Å². The zero-order chi connectivity index (χ0) is 20.2. The number of nitrogens with zero attached hydrogens (tertiary/aromatic N) is 2. The van der Waals surface area contributed by atoms with E-state index in [1.807, 2.05) is 47.9 Å². The van der Waals surface area contributed by atoms with E-state index in [4.69, 9.17) is 9.47 Å². The Hall–Kier alpha value is -3.19. The second kappa shape index (κ2) is 8.45. The number of aryl methyl sites for hydroxylation is 1. The predicted octanol–water partition coefficient (Wildman–Crippen LogP) is 2.79. The molecule has 0 radical (unpaired) electrons. The monoisotopic (exact) mass is 393 g/mol. The Morgan fingerprint density at radius 3 is 2.83 bits per heavy atom. The molecule has 2 aromatic carbocycles. The van der Waals surface area contributed by atoms with Crippen LogP contribution in [0.4, 0.5) is 0 Å². The van der Waals surface area contributed by atoms with E-state index in [1.54, 1.807) is 12.1 Å².